The van der Waals surface area contributed by atoms with Gasteiger partial charge in [0, 0.05) is 16.7 Å². The van der Waals surface area contributed by atoms with Crippen molar-refractivity contribution in [3.8, 4) is 17.0 Å². The van der Waals surface area contributed by atoms with Crippen LogP contribution >= 0.6 is 0 Å². The first-order chi connectivity index (χ1) is 11.0. The number of hydrogen-bond acceptors (Lipinski definition) is 5. The summed E-state index contributed by atoms with van der Waals surface area (Å²) in [5, 5.41) is 33.8. The highest BCUT2D eigenvalue weighted by atomic mass is 16.5. The van der Waals surface area contributed by atoms with Gasteiger partial charge in [-0.05, 0) is 23.0 Å². The Balaban J connectivity index is 2.79. The van der Waals surface area contributed by atoms with Crippen molar-refractivity contribution in [2.45, 2.75) is 65.6 Å². The molecule has 0 aliphatic carbocycles. The number of phenolic OH excluding ortho intramolecular Hbond substituents is 1. The minimum absolute atomic E-state index is 0.259. The van der Waals surface area contributed by atoms with E-state index in [4.69, 9.17) is 4.52 Å². The van der Waals surface area contributed by atoms with Gasteiger partial charge in [0.25, 0.3) is 0 Å². The lowest BCUT2D eigenvalue weighted by atomic mass is 9.78. The van der Waals surface area contributed by atoms with E-state index in [0.717, 1.165) is 16.7 Å². The summed E-state index contributed by atoms with van der Waals surface area (Å²) in [6, 6.07) is 3.76. The molecule has 0 amide bonds. The van der Waals surface area contributed by atoms with Crippen LogP contribution in [0, 0.1) is 0 Å². The van der Waals surface area contributed by atoms with Crippen molar-refractivity contribution in [2.75, 3.05) is 0 Å². The van der Waals surface area contributed by atoms with Crippen molar-refractivity contribution in [2.24, 2.45) is 0 Å². The van der Waals surface area contributed by atoms with Gasteiger partial charge in [-0.25, -0.2) is 0 Å². The van der Waals surface area contributed by atoms with Crippen LogP contribution in [0.3, 0.4) is 0 Å². The van der Waals surface area contributed by atoms with Gasteiger partial charge in [0.2, 0.25) is 0 Å². The largest absolute Gasteiger partial charge is 0.507 e. The third-order valence-corrected chi connectivity index (χ3v) is 4.17. The maximum absolute atomic E-state index is 10.8. The molecule has 132 valence electrons. The van der Waals surface area contributed by atoms with Crippen LogP contribution in [0.2, 0.25) is 0 Å². The second-order valence-electron chi connectivity index (χ2n) is 8.17. The molecule has 1 heterocycles. The van der Waals surface area contributed by atoms with Crippen molar-refractivity contribution in [1.29, 1.82) is 0 Å². The number of aliphatic hydroxyl groups is 2. The Morgan fingerprint density at radius 1 is 0.917 bits per heavy atom. The average Bonchev–Trinajstić information content (AvgIpc) is 2.87. The molecule has 2 rings (SSSR count). The molecule has 0 spiro atoms. The highest BCUT2D eigenvalue weighted by molar-refractivity contribution is 5.69. The molecule has 0 saturated heterocycles. The molecule has 1 aromatic carbocycles. The fourth-order valence-electron chi connectivity index (χ4n) is 2.77. The monoisotopic (exact) mass is 333 g/mol. The van der Waals surface area contributed by atoms with Crippen molar-refractivity contribution in [1.82, 2.24) is 5.16 Å². The number of nitrogens with zero attached hydrogens (tertiary/aromatic N) is 1. The lowest BCUT2D eigenvalue weighted by Gasteiger charge is -2.28. The summed E-state index contributed by atoms with van der Waals surface area (Å²) in [7, 11) is 0. The Labute approximate surface area is 142 Å². The molecule has 0 bridgehead atoms. The van der Waals surface area contributed by atoms with Crippen LogP contribution in [0.1, 0.15) is 64.0 Å². The third kappa shape index (κ3) is 3.32. The Morgan fingerprint density at radius 3 is 1.79 bits per heavy atom. The number of rotatable bonds is 3. The second-order valence-corrected chi connectivity index (χ2v) is 8.17. The van der Waals surface area contributed by atoms with Crippen LogP contribution in [-0.4, -0.2) is 20.5 Å². The molecule has 0 aliphatic rings. The number of hydrogen-bond donors (Lipinski definition) is 3. The van der Waals surface area contributed by atoms with E-state index >= 15 is 0 Å². The average molecular weight is 333 g/mol. The Kier molecular flexibility index (Phi) is 4.79. The zero-order valence-electron chi connectivity index (χ0n) is 15.3. The Bertz CT molecular complexity index is 698. The van der Waals surface area contributed by atoms with Gasteiger partial charge < -0.3 is 19.8 Å². The topological polar surface area (TPSA) is 86.7 Å². The first-order valence-electron chi connectivity index (χ1n) is 8.08. The molecular formula is C19H27NO4. The number of aromatic hydroxyl groups is 1. The minimum atomic E-state index is -0.320. The van der Waals surface area contributed by atoms with E-state index in [1.165, 1.54) is 0 Å². The fourth-order valence-corrected chi connectivity index (χ4v) is 2.77. The molecule has 0 unspecified atom stereocenters. The maximum Gasteiger partial charge on any atom is 0.168 e. The van der Waals surface area contributed by atoms with E-state index in [2.05, 4.69) is 5.16 Å². The zero-order chi connectivity index (χ0) is 18.3. The SMILES string of the molecule is CC(C)(C)c1cc(-c2noc(CO)c2CO)cc(C(C)(C)C)c1O. The van der Waals surface area contributed by atoms with Crippen LogP contribution in [0.15, 0.2) is 16.7 Å². The summed E-state index contributed by atoms with van der Waals surface area (Å²) in [4.78, 5) is 0. The molecule has 2 aromatic rings. The molecular weight excluding hydrogens is 306 g/mol. The normalized spacial score (nSPS) is 12.7. The van der Waals surface area contributed by atoms with Gasteiger partial charge in [0.05, 0.1) is 12.2 Å². The first-order valence-corrected chi connectivity index (χ1v) is 8.08. The van der Waals surface area contributed by atoms with Gasteiger partial charge in [-0.15, -0.1) is 0 Å². The van der Waals surface area contributed by atoms with Gasteiger partial charge in [-0.3, -0.25) is 0 Å². The summed E-state index contributed by atoms with van der Waals surface area (Å²) < 4.78 is 5.15. The third-order valence-electron chi connectivity index (χ3n) is 4.17. The highest BCUT2D eigenvalue weighted by Gasteiger charge is 2.28. The number of benzene rings is 1. The van der Waals surface area contributed by atoms with Crippen LogP contribution in [-0.2, 0) is 24.0 Å². The zero-order valence-corrected chi connectivity index (χ0v) is 15.3. The minimum Gasteiger partial charge on any atom is -0.507 e. The van der Waals surface area contributed by atoms with Crippen molar-refractivity contribution in [3.63, 3.8) is 0 Å². The van der Waals surface area contributed by atoms with Gasteiger partial charge in [0.15, 0.2) is 5.76 Å². The molecule has 5 nitrogen and oxygen atoms in total. The predicted molar refractivity (Wildman–Crippen MR) is 92.8 cm³/mol. The van der Waals surface area contributed by atoms with Gasteiger partial charge in [-0.2, -0.15) is 0 Å². The second kappa shape index (κ2) is 6.22. The molecule has 0 fully saturated rings. The highest BCUT2D eigenvalue weighted by Crippen LogP contribution is 2.42. The van der Waals surface area contributed by atoms with E-state index in [1.54, 1.807) is 0 Å². The molecule has 0 atom stereocenters. The fraction of sp³-hybridized carbons (Fsp3) is 0.526. The standard InChI is InChI=1S/C19H27NO4/c1-18(2,3)13-7-11(8-14(17(13)23)19(4,5)6)16-12(9-21)15(10-22)24-20-16/h7-8,21-23H,9-10H2,1-6H3. The van der Waals surface area contributed by atoms with Gasteiger partial charge in [-0.1, -0.05) is 46.7 Å². The number of aliphatic hydroxyl groups excluding tert-OH is 2. The van der Waals surface area contributed by atoms with E-state index in [-0.39, 0.29) is 35.6 Å². The Morgan fingerprint density at radius 2 is 1.42 bits per heavy atom. The van der Waals surface area contributed by atoms with Gasteiger partial charge >= 0.3 is 0 Å². The summed E-state index contributed by atoms with van der Waals surface area (Å²) in [6.07, 6.45) is 0. The predicted octanol–water partition coefficient (Wildman–Crippen LogP) is 3.63. The molecule has 3 N–H and O–H groups in total. The summed E-state index contributed by atoms with van der Waals surface area (Å²) in [5.74, 6) is 0.547. The quantitative estimate of drug-likeness (QED) is 0.798. The van der Waals surface area contributed by atoms with Crippen molar-refractivity contribution in [3.05, 3.63) is 34.6 Å². The van der Waals surface area contributed by atoms with E-state index in [0.29, 0.717) is 11.3 Å². The summed E-state index contributed by atoms with van der Waals surface area (Å²) >= 11 is 0. The molecule has 24 heavy (non-hydrogen) atoms. The van der Waals surface area contributed by atoms with E-state index in [1.807, 2.05) is 53.7 Å². The van der Waals surface area contributed by atoms with Crippen LogP contribution < -0.4 is 0 Å². The lowest BCUT2D eigenvalue weighted by molar-refractivity contribution is 0.219. The molecule has 5 heteroatoms. The van der Waals surface area contributed by atoms with E-state index in [9.17, 15) is 15.3 Å². The lowest BCUT2D eigenvalue weighted by Crippen LogP contribution is -2.17. The summed E-state index contributed by atoms with van der Waals surface area (Å²) in [5.41, 5.74) is 2.83. The maximum atomic E-state index is 10.8. The van der Waals surface area contributed by atoms with Crippen LogP contribution in [0.5, 0.6) is 5.75 Å². The number of phenols is 1. The molecule has 1 aromatic heterocycles. The molecule has 0 aliphatic heterocycles. The van der Waals surface area contributed by atoms with Crippen molar-refractivity contribution >= 4 is 0 Å². The Hall–Kier alpha value is -1.85. The van der Waals surface area contributed by atoms with E-state index < -0.39 is 0 Å². The van der Waals surface area contributed by atoms with Crippen molar-refractivity contribution < 1.29 is 19.8 Å². The number of aromatic nitrogens is 1. The van der Waals surface area contributed by atoms with Crippen LogP contribution in [0.4, 0.5) is 0 Å². The molecule has 0 saturated carbocycles. The molecule has 0 radical (unpaired) electrons. The first kappa shape index (κ1) is 18.5. The summed E-state index contributed by atoms with van der Waals surface area (Å²) in [6.45, 7) is 11.6. The van der Waals surface area contributed by atoms with Crippen LogP contribution in [0.25, 0.3) is 11.3 Å². The smallest absolute Gasteiger partial charge is 0.168 e. The van der Waals surface area contributed by atoms with Gasteiger partial charge in [0.1, 0.15) is 18.1 Å².